The lowest BCUT2D eigenvalue weighted by molar-refractivity contribution is -0.130. The molecule has 1 fully saturated rings. The highest BCUT2D eigenvalue weighted by Gasteiger charge is 2.36. The van der Waals surface area contributed by atoms with Crippen LogP contribution in [0.15, 0.2) is 60.7 Å². The van der Waals surface area contributed by atoms with Crippen LogP contribution in [0.2, 0.25) is 0 Å². The van der Waals surface area contributed by atoms with E-state index in [1.54, 1.807) is 48.5 Å². The highest BCUT2D eigenvalue weighted by atomic mass is 16.5. The minimum atomic E-state index is -0.788. The van der Waals surface area contributed by atoms with Crippen molar-refractivity contribution in [2.45, 2.75) is 19.9 Å². The lowest BCUT2D eigenvalue weighted by Crippen LogP contribution is -2.53. The van der Waals surface area contributed by atoms with Gasteiger partial charge in [-0.15, -0.1) is 0 Å². The van der Waals surface area contributed by atoms with E-state index >= 15 is 0 Å². The Morgan fingerprint density at radius 1 is 1.03 bits per heavy atom. The van der Waals surface area contributed by atoms with Crippen LogP contribution in [0, 0.1) is 0 Å². The van der Waals surface area contributed by atoms with Crippen LogP contribution < -0.4 is 19.5 Å². The van der Waals surface area contributed by atoms with Gasteiger partial charge in [-0.25, -0.2) is 4.79 Å². The summed E-state index contributed by atoms with van der Waals surface area (Å²) in [6, 6.07) is 11.4. The number of nitrogens with zero attached hydrogens (tertiary/aromatic N) is 1. The van der Waals surface area contributed by atoms with Crippen LogP contribution in [0.5, 0.6) is 17.2 Å². The van der Waals surface area contributed by atoms with E-state index < -0.39 is 17.8 Å². The number of rotatable bonds is 10. The molecule has 1 saturated heterocycles. The van der Waals surface area contributed by atoms with Crippen LogP contribution in [0.3, 0.4) is 0 Å². The van der Waals surface area contributed by atoms with Gasteiger partial charge in [0.1, 0.15) is 17.9 Å². The van der Waals surface area contributed by atoms with Gasteiger partial charge in [-0.2, -0.15) is 0 Å². The van der Waals surface area contributed by atoms with E-state index in [1.165, 1.54) is 13.2 Å². The van der Waals surface area contributed by atoms with Gasteiger partial charge in [0.25, 0.3) is 11.8 Å². The number of hydrogen-bond acceptors (Lipinski definition) is 6. The molecule has 1 aliphatic heterocycles. The third-order valence-corrected chi connectivity index (χ3v) is 4.79. The highest BCUT2D eigenvalue weighted by molar-refractivity contribution is 6.31. The Morgan fingerprint density at radius 2 is 1.82 bits per heavy atom. The zero-order valence-electron chi connectivity index (χ0n) is 18.6. The number of ether oxygens (including phenoxy) is 3. The second kappa shape index (κ2) is 11.0. The van der Waals surface area contributed by atoms with Crippen molar-refractivity contribution in [3.05, 3.63) is 71.8 Å². The van der Waals surface area contributed by atoms with Gasteiger partial charge in [0.2, 0.25) is 0 Å². The molecule has 1 aliphatic rings. The maximum atomic E-state index is 13.1. The van der Waals surface area contributed by atoms with Crippen LogP contribution in [0.4, 0.5) is 4.79 Å². The number of methoxy groups -OCH3 is 1. The van der Waals surface area contributed by atoms with Gasteiger partial charge in [0, 0.05) is 5.56 Å². The number of hydrogen-bond donors (Lipinski definition) is 1. The van der Waals surface area contributed by atoms with Crippen LogP contribution in [-0.4, -0.2) is 43.1 Å². The summed E-state index contributed by atoms with van der Waals surface area (Å²) in [6.45, 7) is 6.37. The average Bonchev–Trinajstić information content (AvgIpc) is 2.82. The Labute approximate surface area is 192 Å². The number of imide groups is 2. The Kier molecular flexibility index (Phi) is 7.86. The molecular formula is C25H26N2O6. The monoisotopic (exact) mass is 450 g/mol. The number of benzene rings is 2. The van der Waals surface area contributed by atoms with Crippen molar-refractivity contribution in [3.8, 4) is 17.2 Å². The van der Waals surface area contributed by atoms with Crippen LogP contribution in [0.25, 0.3) is 6.08 Å². The lowest BCUT2D eigenvalue weighted by atomic mass is 10.1. The summed E-state index contributed by atoms with van der Waals surface area (Å²) in [7, 11) is 1.52. The molecule has 2 aromatic rings. The van der Waals surface area contributed by atoms with Crippen molar-refractivity contribution in [3.63, 3.8) is 0 Å². The maximum absolute atomic E-state index is 13.1. The smallest absolute Gasteiger partial charge is 0.331 e. The number of para-hydroxylation sites is 1. The molecule has 0 spiro atoms. The minimum absolute atomic E-state index is 0.0473. The van der Waals surface area contributed by atoms with E-state index in [4.69, 9.17) is 14.2 Å². The second-order valence-corrected chi connectivity index (χ2v) is 7.18. The number of barbiturate groups is 1. The zero-order chi connectivity index (χ0) is 23.8. The Balaban J connectivity index is 1.87. The molecule has 172 valence electrons. The molecule has 1 N–H and O–H groups in total. The number of carbonyl (C=O) groups excluding carboxylic acids is 3. The van der Waals surface area contributed by atoms with Gasteiger partial charge < -0.3 is 14.2 Å². The first kappa shape index (κ1) is 23.6. The highest BCUT2D eigenvalue weighted by Crippen LogP contribution is 2.29. The third kappa shape index (κ3) is 5.60. The van der Waals surface area contributed by atoms with Gasteiger partial charge >= 0.3 is 6.03 Å². The molecule has 0 aromatic heterocycles. The number of amides is 4. The fraction of sp³-hybridized carbons (Fsp3) is 0.240. The quantitative estimate of drug-likeness (QED) is 0.337. The summed E-state index contributed by atoms with van der Waals surface area (Å²) in [6.07, 6.45) is 3.85. The first-order valence-corrected chi connectivity index (χ1v) is 10.5. The molecule has 33 heavy (non-hydrogen) atoms. The van der Waals surface area contributed by atoms with Crippen LogP contribution >= 0.6 is 0 Å². The molecule has 0 saturated carbocycles. The van der Waals surface area contributed by atoms with E-state index in [1.807, 2.05) is 6.92 Å². The van der Waals surface area contributed by atoms with Gasteiger partial charge in [-0.3, -0.25) is 19.8 Å². The molecule has 8 heteroatoms. The van der Waals surface area contributed by atoms with Crippen LogP contribution in [0.1, 0.15) is 24.5 Å². The van der Waals surface area contributed by atoms with Gasteiger partial charge in [-0.05, 0) is 36.3 Å². The van der Waals surface area contributed by atoms with E-state index in [-0.39, 0.29) is 18.7 Å². The molecule has 0 atom stereocenters. The summed E-state index contributed by atoms with van der Waals surface area (Å²) in [5.74, 6) is 0.0879. The Bertz CT molecular complexity index is 1090. The van der Waals surface area contributed by atoms with E-state index in [0.29, 0.717) is 35.0 Å². The number of urea groups is 1. The number of nitrogens with one attached hydrogen (secondary N) is 1. The van der Waals surface area contributed by atoms with Gasteiger partial charge in [0.15, 0.2) is 11.5 Å². The standard InChI is InChI=1S/C25H26N2O6/c1-4-12-32-20-9-7-6-8-18(20)15-19-23(28)26-25(30)27(24(19)29)16-17-10-11-21(33-13-5-2)22(14-17)31-3/h4,6-11,14-15H,1,5,12-13,16H2,2-3H3,(H,26,28,30)/b19-15+. The summed E-state index contributed by atoms with van der Waals surface area (Å²) in [4.78, 5) is 39.0. The lowest BCUT2D eigenvalue weighted by Gasteiger charge is -2.26. The SMILES string of the molecule is C=CCOc1ccccc1/C=C1\C(=O)NC(=O)N(Cc2ccc(OCCC)c(OC)c2)C1=O. The molecule has 3 rings (SSSR count). The topological polar surface area (TPSA) is 94.2 Å². The molecular weight excluding hydrogens is 424 g/mol. The molecule has 1 heterocycles. The van der Waals surface area contributed by atoms with E-state index in [2.05, 4.69) is 11.9 Å². The predicted octanol–water partition coefficient (Wildman–Crippen LogP) is 3.71. The molecule has 0 bridgehead atoms. The molecule has 8 nitrogen and oxygen atoms in total. The van der Waals surface area contributed by atoms with Crippen molar-refractivity contribution in [1.82, 2.24) is 10.2 Å². The van der Waals surface area contributed by atoms with Gasteiger partial charge in [-0.1, -0.05) is 43.8 Å². The Hall–Kier alpha value is -4.07. The van der Waals surface area contributed by atoms with Crippen molar-refractivity contribution in [2.24, 2.45) is 0 Å². The fourth-order valence-corrected chi connectivity index (χ4v) is 3.20. The Morgan fingerprint density at radius 3 is 2.55 bits per heavy atom. The normalized spacial score (nSPS) is 14.8. The van der Waals surface area contributed by atoms with Crippen molar-refractivity contribution in [1.29, 1.82) is 0 Å². The summed E-state index contributed by atoms with van der Waals surface area (Å²) < 4.78 is 16.6. The summed E-state index contributed by atoms with van der Waals surface area (Å²) in [5.41, 5.74) is 1.01. The van der Waals surface area contributed by atoms with Crippen molar-refractivity contribution < 1.29 is 28.6 Å². The molecule has 0 aliphatic carbocycles. The van der Waals surface area contributed by atoms with Gasteiger partial charge in [0.05, 0.1) is 20.3 Å². The van der Waals surface area contributed by atoms with E-state index in [9.17, 15) is 14.4 Å². The minimum Gasteiger partial charge on any atom is -0.493 e. The van der Waals surface area contributed by atoms with Crippen molar-refractivity contribution in [2.75, 3.05) is 20.3 Å². The largest absolute Gasteiger partial charge is 0.493 e. The summed E-state index contributed by atoms with van der Waals surface area (Å²) in [5, 5.41) is 2.23. The second-order valence-electron chi connectivity index (χ2n) is 7.18. The fourth-order valence-electron chi connectivity index (χ4n) is 3.20. The molecule has 0 radical (unpaired) electrons. The summed E-state index contributed by atoms with van der Waals surface area (Å²) >= 11 is 0. The third-order valence-electron chi connectivity index (χ3n) is 4.79. The predicted molar refractivity (Wildman–Crippen MR) is 123 cm³/mol. The molecule has 2 aromatic carbocycles. The molecule has 0 unspecified atom stereocenters. The maximum Gasteiger partial charge on any atom is 0.331 e. The first-order chi connectivity index (χ1) is 16.0. The average molecular weight is 450 g/mol. The van der Waals surface area contributed by atoms with Crippen LogP contribution in [-0.2, 0) is 16.1 Å². The number of carbonyl (C=O) groups is 3. The van der Waals surface area contributed by atoms with E-state index in [0.717, 1.165) is 11.3 Å². The molecule has 4 amide bonds. The zero-order valence-corrected chi connectivity index (χ0v) is 18.6. The first-order valence-electron chi connectivity index (χ1n) is 10.5. The van der Waals surface area contributed by atoms with Crippen molar-refractivity contribution >= 4 is 23.9 Å².